The van der Waals surface area contributed by atoms with Crippen LogP contribution in [0.5, 0.6) is 0 Å². The van der Waals surface area contributed by atoms with E-state index in [1.165, 1.54) is 0 Å². The second-order valence-electron chi connectivity index (χ2n) is 9.42. The van der Waals surface area contributed by atoms with Crippen LogP contribution in [0, 0.1) is 11.3 Å². The summed E-state index contributed by atoms with van der Waals surface area (Å²) in [7, 11) is 0. The topological polar surface area (TPSA) is 84.0 Å². The number of carbonyl (C=O) groups excluding carboxylic acids is 2. The summed E-state index contributed by atoms with van der Waals surface area (Å²) >= 11 is 0. The Morgan fingerprint density at radius 1 is 1.29 bits per heavy atom. The molecule has 3 aliphatic heterocycles. The normalized spacial score (nSPS) is 24.8. The van der Waals surface area contributed by atoms with Gasteiger partial charge in [0.05, 0.1) is 23.9 Å². The molecule has 3 aliphatic rings. The van der Waals surface area contributed by atoms with Crippen molar-refractivity contribution in [3.05, 3.63) is 18.3 Å². The fraction of sp³-hybridized carbons (Fsp3) is 0.696. The number of carbonyl (C=O) groups is 2. The molecule has 2 amide bonds. The van der Waals surface area contributed by atoms with Crippen LogP contribution < -0.4 is 10.2 Å². The summed E-state index contributed by atoms with van der Waals surface area (Å²) in [5.74, 6) is 1.45. The predicted octanol–water partition coefficient (Wildman–Crippen LogP) is 3.28. The number of hydrogen-bond acceptors (Lipinski definition) is 6. The zero-order valence-electron chi connectivity index (χ0n) is 18.6. The van der Waals surface area contributed by atoms with Gasteiger partial charge in [0.25, 0.3) is 0 Å². The average Bonchev–Trinajstić information content (AvgIpc) is 3.09. The number of nitrogens with zero attached hydrogens (tertiary/aromatic N) is 3. The standard InChI is InChI=1S/C23H34N4O4/c1-17(2)15-31-22(29)25-18-4-5-20(24-14-18)26-10-3-8-23(16-26)9-11-27(21(23)28)19-6-12-30-13-7-19/h4-5,14,17,19H,3,6-13,15-16H2,1-2H3,(H,25,29)/t23-/m0/s1. The molecule has 3 fully saturated rings. The zero-order valence-corrected chi connectivity index (χ0v) is 18.6. The third-order valence-corrected chi connectivity index (χ3v) is 6.62. The van der Waals surface area contributed by atoms with E-state index in [1.807, 2.05) is 26.0 Å². The highest BCUT2D eigenvalue weighted by molar-refractivity contribution is 5.86. The van der Waals surface area contributed by atoms with E-state index in [0.717, 1.165) is 64.2 Å². The summed E-state index contributed by atoms with van der Waals surface area (Å²) in [5.41, 5.74) is 0.308. The lowest BCUT2D eigenvalue weighted by Crippen LogP contribution is -2.50. The van der Waals surface area contributed by atoms with Crippen LogP contribution in [0.3, 0.4) is 0 Å². The number of amides is 2. The summed E-state index contributed by atoms with van der Waals surface area (Å²) in [6, 6.07) is 4.08. The molecule has 8 heteroatoms. The first-order chi connectivity index (χ1) is 15.0. The number of ether oxygens (including phenoxy) is 2. The molecule has 1 aromatic heterocycles. The average molecular weight is 431 g/mol. The molecule has 1 N–H and O–H groups in total. The van der Waals surface area contributed by atoms with Gasteiger partial charge in [0.15, 0.2) is 0 Å². The van der Waals surface area contributed by atoms with Gasteiger partial charge < -0.3 is 19.3 Å². The number of pyridine rings is 1. The van der Waals surface area contributed by atoms with Crippen molar-refractivity contribution in [2.24, 2.45) is 11.3 Å². The van der Waals surface area contributed by atoms with E-state index >= 15 is 0 Å². The first kappa shape index (κ1) is 21.9. The van der Waals surface area contributed by atoms with Crippen LogP contribution in [0.2, 0.25) is 0 Å². The van der Waals surface area contributed by atoms with Crippen molar-refractivity contribution < 1.29 is 19.1 Å². The Kier molecular flexibility index (Phi) is 6.65. The maximum atomic E-state index is 13.4. The first-order valence-corrected chi connectivity index (χ1v) is 11.5. The quantitative estimate of drug-likeness (QED) is 0.772. The van der Waals surface area contributed by atoms with Crippen LogP contribution in [0.4, 0.5) is 16.3 Å². The van der Waals surface area contributed by atoms with Gasteiger partial charge in [0, 0.05) is 38.9 Å². The SMILES string of the molecule is CC(C)COC(=O)Nc1ccc(N2CCC[C@]3(CCN(C4CCOCC4)C3=O)C2)nc1. The molecule has 1 aromatic rings. The monoisotopic (exact) mass is 430 g/mol. The van der Waals surface area contributed by atoms with Crippen LogP contribution in [-0.4, -0.2) is 67.4 Å². The van der Waals surface area contributed by atoms with E-state index in [2.05, 4.69) is 20.1 Å². The van der Waals surface area contributed by atoms with E-state index in [9.17, 15) is 9.59 Å². The van der Waals surface area contributed by atoms with Gasteiger partial charge in [-0.2, -0.15) is 0 Å². The predicted molar refractivity (Wildman–Crippen MR) is 118 cm³/mol. The Labute approximate surface area is 184 Å². The number of piperidine rings is 1. The van der Waals surface area contributed by atoms with Crippen molar-refractivity contribution in [1.29, 1.82) is 0 Å². The number of aromatic nitrogens is 1. The molecule has 1 atom stereocenters. The van der Waals surface area contributed by atoms with Crippen LogP contribution in [0.1, 0.15) is 46.0 Å². The number of hydrogen-bond donors (Lipinski definition) is 1. The molecular weight excluding hydrogens is 396 g/mol. The molecule has 0 bridgehead atoms. The molecular formula is C23H34N4O4. The minimum Gasteiger partial charge on any atom is -0.449 e. The molecule has 1 spiro atoms. The van der Waals surface area contributed by atoms with E-state index in [4.69, 9.17) is 9.47 Å². The Morgan fingerprint density at radius 3 is 2.81 bits per heavy atom. The highest BCUT2D eigenvalue weighted by Crippen LogP contribution is 2.42. The summed E-state index contributed by atoms with van der Waals surface area (Å²) in [6.07, 6.45) is 5.92. The molecule has 0 unspecified atom stereocenters. The highest BCUT2D eigenvalue weighted by Gasteiger charge is 2.50. The van der Waals surface area contributed by atoms with Crippen molar-refractivity contribution in [3.63, 3.8) is 0 Å². The second-order valence-corrected chi connectivity index (χ2v) is 9.42. The second kappa shape index (κ2) is 9.42. The maximum absolute atomic E-state index is 13.4. The van der Waals surface area contributed by atoms with Crippen molar-refractivity contribution >= 4 is 23.5 Å². The molecule has 0 radical (unpaired) electrons. The van der Waals surface area contributed by atoms with Crippen LogP contribution in [0.25, 0.3) is 0 Å². The third-order valence-electron chi connectivity index (χ3n) is 6.62. The summed E-state index contributed by atoms with van der Waals surface area (Å²) in [6.45, 7) is 8.33. The number of rotatable bonds is 5. The summed E-state index contributed by atoms with van der Waals surface area (Å²) in [5, 5.41) is 2.71. The number of likely N-dealkylation sites (tertiary alicyclic amines) is 1. The fourth-order valence-corrected chi connectivity index (χ4v) is 4.94. The molecule has 0 saturated carbocycles. The Balaban J connectivity index is 1.37. The number of nitrogens with one attached hydrogen (secondary N) is 1. The molecule has 8 nitrogen and oxygen atoms in total. The van der Waals surface area contributed by atoms with Gasteiger partial charge in [-0.3, -0.25) is 10.1 Å². The van der Waals surface area contributed by atoms with E-state index in [1.54, 1.807) is 6.20 Å². The molecule has 31 heavy (non-hydrogen) atoms. The maximum Gasteiger partial charge on any atom is 0.411 e. The first-order valence-electron chi connectivity index (χ1n) is 11.5. The smallest absolute Gasteiger partial charge is 0.411 e. The van der Waals surface area contributed by atoms with Gasteiger partial charge in [0.2, 0.25) is 5.91 Å². The molecule has 0 aliphatic carbocycles. The third kappa shape index (κ3) is 4.95. The lowest BCUT2D eigenvalue weighted by atomic mass is 9.78. The fourth-order valence-electron chi connectivity index (χ4n) is 4.94. The largest absolute Gasteiger partial charge is 0.449 e. The van der Waals surface area contributed by atoms with Gasteiger partial charge in [0.1, 0.15) is 5.82 Å². The van der Waals surface area contributed by atoms with Crippen molar-refractivity contribution in [3.8, 4) is 0 Å². The Morgan fingerprint density at radius 2 is 2.10 bits per heavy atom. The van der Waals surface area contributed by atoms with E-state index in [0.29, 0.717) is 36.7 Å². The molecule has 0 aromatic carbocycles. The zero-order chi connectivity index (χ0) is 21.8. The van der Waals surface area contributed by atoms with Gasteiger partial charge in [-0.1, -0.05) is 13.8 Å². The van der Waals surface area contributed by atoms with Gasteiger partial charge in [-0.05, 0) is 50.2 Å². The molecule has 4 rings (SSSR count). The lowest BCUT2D eigenvalue weighted by molar-refractivity contribution is -0.139. The Bertz CT molecular complexity index is 778. The van der Waals surface area contributed by atoms with Crippen molar-refractivity contribution in [1.82, 2.24) is 9.88 Å². The van der Waals surface area contributed by atoms with E-state index in [-0.39, 0.29) is 5.41 Å². The molecule has 3 saturated heterocycles. The van der Waals surface area contributed by atoms with Gasteiger partial charge >= 0.3 is 6.09 Å². The van der Waals surface area contributed by atoms with Crippen LogP contribution in [-0.2, 0) is 14.3 Å². The van der Waals surface area contributed by atoms with Crippen molar-refractivity contribution in [2.75, 3.05) is 49.7 Å². The Hall–Kier alpha value is -2.35. The summed E-state index contributed by atoms with van der Waals surface area (Å²) < 4.78 is 10.6. The van der Waals surface area contributed by atoms with Gasteiger partial charge in [-0.25, -0.2) is 9.78 Å². The molecule has 4 heterocycles. The highest BCUT2D eigenvalue weighted by atomic mass is 16.5. The lowest BCUT2D eigenvalue weighted by Gasteiger charge is -2.40. The summed E-state index contributed by atoms with van der Waals surface area (Å²) in [4.78, 5) is 34.2. The minimum absolute atomic E-state index is 0.290. The van der Waals surface area contributed by atoms with Crippen LogP contribution >= 0.6 is 0 Å². The van der Waals surface area contributed by atoms with Gasteiger partial charge in [-0.15, -0.1) is 0 Å². The number of anilines is 2. The minimum atomic E-state index is -0.468. The molecule has 170 valence electrons. The van der Waals surface area contributed by atoms with E-state index < -0.39 is 6.09 Å². The van der Waals surface area contributed by atoms with Crippen molar-refractivity contribution in [2.45, 2.75) is 52.0 Å². The van der Waals surface area contributed by atoms with Crippen LogP contribution in [0.15, 0.2) is 18.3 Å².